The Hall–Kier alpha value is -2.02. The number of nitrogens with zero attached hydrogens (tertiary/aromatic N) is 2. The van der Waals surface area contributed by atoms with Gasteiger partial charge in [0.2, 0.25) is 5.91 Å². The summed E-state index contributed by atoms with van der Waals surface area (Å²) in [7, 11) is 1.92. The predicted octanol–water partition coefficient (Wildman–Crippen LogP) is 1.34. The summed E-state index contributed by atoms with van der Waals surface area (Å²) in [6, 6.07) is 7.52. The molecule has 2 rings (SSSR count). The van der Waals surface area contributed by atoms with Gasteiger partial charge in [-0.2, -0.15) is 5.26 Å². The molecule has 0 aromatic heterocycles. The Kier molecular flexibility index (Phi) is 2.30. The van der Waals surface area contributed by atoms with E-state index in [9.17, 15) is 4.79 Å². The van der Waals surface area contributed by atoms with Crippen LogP contribution in [-0.4, -0.2) is 19.5 Å². The molecule has 0 saturated carbocycles. The van der Waals surface area contributed by atoms with E-state index >= 15 is 0 Å². The molecule has 0 atom stereocenters. The predicted molar refractivity (Wildman–Crippen MR) is 57.7 cm³/mol. The van der Waals surface area contributed by atoms with Crippen LogP contribution in [0.3, 0.4) is 0 Å². The zero-order chi connectivity index (χ0) is 10.8. The molecule has 0 radical (unpaired) electrons. The molecule has 1 aliphatic rings. The van der Waals surface area contributed by atoms with E-state index in [-0.39, 0.29) is 5.91 Å². The molecular weight excluding hydrogens is 190 g/mol. The van der Waals surface area contributed by atoms with E-state index in [2.05, 4.69) is 11.4 Å². The van der Waals surface area contributed by atoms with Gasteiger partial charge >= 0.3 is 0 Å². The Balaban J connectivity index is 2.57. The van der Waals surface area contributed by atoms with Crippen molar-refractivity contribution in [3.63, 3.8) is 0 Å². The van der Waals surface area contributed by atoms with Crippen molar-refractivity contribution in [1.82, 2.24) is 0 Å². The molecule has 0 spiro atoms. The standard InChI is InChI=1S/C11H11N3O/c1-14-6-5-10(15)13-11-8(7-12)3-2-4-9(11)14/h2-4H,5-6H2,1H3,(H,13,15). The van der Waals surface area contributed by atoms with Gasteiger partial charge in [0.15, 0.2) is 0 Å². The number of hydrogen-bond acceptors (Lipinski definition) is 3. The minimum Gasteiger partial charge on any atom is -0.372 e. The largest absolute Gasteiger partial charge is 0.372 e. The van der Waals surface area contributed by atoms with Crippen molar-refractivity contribution in [2.45, 2.75) is 6.42 Å². The lowest BCUT2D eigenvalue weighted by Crippen LogP contribution is -2.18. The second-order valence-corrected chi connectivity index (χ2v) is 3.53. The molecule has 4 nitrogen and oxygen atoms in total. The van der Waals surface area contributed by atoms with Crippen molar-refractivity contribution >= 4 is 17.3 Å². The Labute approximate surface area is 88.1 Å². The lowest BCUT2D eigenvalue weighted by atomic mass is 10.1. The number of amides is 1. The molecule has 0 aliphatic carbocycles. The number of benzene rings is 1. The van der Waals surface area contributed by atoms with Gasteiger partial charge in [-0.15, -0.1) is 0 Å². The maximum atomic E-state index is 11.4. The van der Waals surface area contributed by atoms with Crippen LogP contribution in [0.5, 0.6) is 0 Å². The number of anilines is 2. The summed E-state index contributed by atoms with van der Waals surface area (Å²) in [5.74, 6) is -0.0386. The van der Waals surface area contributed by atoms with Crippen molar-refractivity contribution in [2.75, 3.05) is 23.8 Å². The van der Waals surface area contributed by atoms with Crippen LogP contribution in [0, 0.1) is 11.3 Å². The second kappa shape index (κ2) is 3.62. The molecular formula is C11H11N3O. The number of carbonyl (C=O) groups is 1. The maximum Gasteiger partial charge on any atom is 0.226 e. The van der Waals surface area contributed by atoms with Crippen LogP contribution in [0.4, 0.5) is 11.4 Å². The first kappa shape index (κ1) is 9.53. The second-order valence-electron chi connectivity index (χ2n) is 3.53. The number of nitrogens with one attached hydrogen (secondary N) is 1. The average molecular weight is 201 g/mol. The fraction of sp³-hybridized carbons (Fsp3) is 0.273. The molecule has 4 heteroatoms. The molecule has 76 valence electrons. The van der Waals surface area contributed by atoms with E-state index in [4.69, 9.17) is 5.26 Å². The van der Waals surface area contributed by atoms with E-state index in [1.807, 2.05) is 24.1 Å². The minimum absolute atomic E-state index is 0.0386. The van der Waals surface area contributed by atoms with Gasteiger partial charge in [-0.3, -0.25) is 4.79 Å². The molecule has 15 heavy (non-hydrogen) atoms. The van der Waals surface area contributed by atoms with E-state index in [0.717, 1.165) is 5.69 Å². The fourth-order valence-electron chi connectivity index (χ4n) is 1.67. The maximum absolute atomic E-state index is 11.4. The summed E-state index contributed by atoms with van der Waals surface area (Å²) < 4.78 is 0. The van der Waals surface area contributed by atoms with Crippen molar-refractivity contribution in [3.05, 3.63) is 23.8 Å². The first-order chi connectivity index (χ1) is 7.22. The average Bonchev–Trinajstić information content (AvgIpc) is 2.39. The van der Waals surface area contributed by atoms with Gasteiger partial charge in [-0.05, 0) is 12.1 Å². The van der Waals surface area contributed by atoms with Gasteiger partial charge in [0.25, 0.3) is 0 Å². The van der Waals surface area contributed by atoms with Crippen molar-refractivity contribution in [1.29, 1.82) is 5.26 Å². The van der Waals surface area contributed by atoms with Crippen LogP contribution in [0.15, 0.2) is 18.2 Å². The highest BCUT2D eigenvalue weighted by Crippen LogP contribution is 2.30. The Morgan fingerprint density at radius 3 is 3.07 bits per heavy atom. The van der Waals surface area contributed by atoms with Crippen LogP contribution in [0.2, 0.25) is 0 Å². The Bertz CT molecular complexity index is 448. The van der Waals surface area contributed by atoms with Crippen molar-refractivity contribution in [3.8, 4) is 6.07 Å². The Morgan fingerprint density at radius 1 is 1.53 bits per heavy atom. The van der Waals surface area contributed by atoms with Gasteiger partial charge in [0.1, 0.15) is 6.07 Å². The summed E-state index contributed by atoms with van der Waals surface area (Å²) in [4.78, 5) is 13.4. The highest BCUT2D eigenvalue weighted by atomic mass is 16.1. The zero-order valence-electron chi connectivity index (χ0n) is 8.45. The lowest BCUT2D eigenvalue weighted by Gasteiger charge is -2.18. The molecule has 1 amide bonds. The Morgan fingerprint density at radius 2 is 2.33 bits per heavy atom. The number of hydrogen-bond donors (Lipinski definition) is 1. The summed E-state index contributed by atoms with van der Waals surface area (Å²) in [5, 5.41) is 11.7. The molecule has 1 heterocycles. The van der Waals surface area contributed by atoms with Crippen molar-refractivity contribution < 1.29 is 4.79 Å². The molecule has 1 aromatic rings. The molecule has 1 aliphatic heterocycles. The molecule has 0 saturated heterocycles. The fourth-order valence-corrected chi connectivity index (χ4v) is 1.67. The molecule has 0 bridgehead atoms. The van der Waals surface area contributed by atoms with E-state index in [1.165, 1.54) is 0 Å². The highest BCUT2D eigenvalue weighted by molar-refractivity contribution is 5.98. The van der Waals surface area contributed by atoms with Crippen LogP contribution >= 0.6 is 0 Å². The first-order valence-electron chi connectivity index (χ1n) is 4.76. The molecule has 0 unspecified atom stereocenters. The third-order valence-electron chi connectivity index (χ3n) is 2.51. The summed E-state index contributed by atoms with van der Waals surface area (Å²) in [6.07, 6.45) is 0.454. The number of carbonyl (C=O) groups excluding carboxylic acids is 1. The summed E-state index contributed by atoms with van der Waals surface area (Å²) >= 11 is 0. The van der Waals surface area contributed by atoms with Gasteiger partial charge < -0.3 is 10.2 Å². The summed E-state index contributed by atoms with van der Waals surface area (Å²) in [6.45, 7) is 0.674. The monoisotopic (exact) mass is 201 g/mol. The zero-order valence-corrected chi connectivity index (χ0v) is 8.45. The minimum atomic E-state index is -0.0386. The van der Waals surface area contributed by atoms with Crippen LogP contribution in [0.25, 0.3) is 0 Å². The lowest BCUT2D eigenvalue weighted by molar-refractivity contribution is -0.115. The molecule has 1 aromatic carbocycles. The van der Waals surface area contributed by atoms with Gasteiger partial charge in [0.05, 0.1) is 16.9 Å². The first-order valence-corrected chi connectivity index (χ1v) is 4.76. The quantitative estimate of drug-likeness (QED) is 0.689. The topological polar surface area (TPSA) is 56.1 Å². The number of nitriles is 1. The van der Waals surface area contributed by atoms with Gasteiger partial charge in [0, 0.05) is 20.0 Å². The van der Waals surface area contributed by atoms with Gasteiger partial charge in [-0.25, -0.2) is 0 Å². The van der Waals surface area contributed by atoms with Crippen LogP contribution < -0.4 is 10.2 Å². The number of para-hydroxylation sites is 1. The van der Waals surface area contributed by atoms with E-state index in [0.29, 0.717) is 24.2 Å². The molecule has 0 fully saturated rings. The van der Waals surface area contributed by atoms with E-state index in [1.54, 1.807) is 6.07 Å². The van der Waals surface area contributed by atoms with Crippen LogP contribution in [-0.2, 0) is 4.79 Å². The smallest absolute Gasteiger partial charge is 0.226 e. The van der Waals surface area contributed by atoms with E-state index < -0.39 is 0 Å². The normalized spacial score (nSPS) is 14.9. The van der Waals surface area contributed by atoms with Crippen molar-refractivity contribution in [2.24, 2.45) is 0 Å². The number of fused-ring (bicyclic) bond motifs is 1. The third kappa shape index (κ3) is 1.64. The molecule has 1 N–H and O–H groups in total. The highest BCUT2D eigenvalue weighted by Gasteiger charge is 2.18. The summed E-state index contributed by atoms with van der Waals surface area (Å²) in [5.41, 5.74) is 2.04. The van der Waals surface area contributed by atoms with Crippen LogP contribution in [0.1, 0.15) is 12.0 Å². The SMILES string of the molecule is CN1CCC(=O)Nc2c(C#N)cccc21. The van der Waals surface area contributed by atoms with Gasteiger partial charge in [-0.1, -0.05) is 6.07 Å². The third-order valence-corrected chi connectivity index (χ3v) is 2.51. The number of rotatable bonds is 0.